The minimum Gasteiger partial charge on any atom is -0.366 e. The second kappa shape index (κ2) is 3.78. The van der Waals surface area contributed by atoms with Gasteiger partial charge in [-0.25, -0.2) is 4.39 Å². The van der Waals surface area contributed by atoms with Crippen LogP contribution in [-0.2, 0) is 0 Å². The molecular weight excluding hydrogens is 201 g/mol. The number of carbonyl (C=O) groups excluding carboxylic acids is 1. The lowest BCUT2D eigenvalue weighted by Gasteiger charge is -1.99. The number of hydrogen-bond donors (Lipinski definition) is 1. The predicted molar refractivity (Wildman–Crippen MR) is 46.6 cm³/mol. The van der Waals surface area contributed by atoms with Gasteiger partial charge in [0.05, 0.1) is 5.56 Å². The Morgan fingerprint density at radius 1 is 1.58 bits per heavy atom. The number of amides is 1. The standard InChI is InChI=1S/C7H5ClFNOS/c8-12-4-1-2-6(9)5(3-4)7(10)11/h1-3H,(H2,10,11). The van der Waals surface area contributed by atoms with E-state index in [9.17, 15) is 9.18 Å². The topological polar surface area (TPSA) is 43.1 Å². The van der Waals surface area contributed by atoms with Crippen molar-refractivity contribution in [2.75, 3.05) is 0 Å². The van der Waals surface area contributed by atoms with Crippen molar-refractivity contribution in [2.45, 2.75) is 4.90 Å². The van der Waals surface area contributed by atoms with Gasteiger partial charge in [-0.1, -0.05) is 0 Å². The van der Waals surface area contributed by atoms with Crippen molar-refractivity contribution in [3.63, 3.8) is 0 Å². The largest absolute Gasteiger partial charge is 0.366 e. The molecule has 1 amide bonds. The van der Waals surface area contributed by atoms with E-state index < -0.39 is 11.7 Å². The first-order valence-corrected chi connectivity index (χ1v) is 4.67. The molecule has 0 heterocycles. The Kier molecular flexibility index (Phi) is 2.94. The van der Waals surface area contributed by atoms with Crippen molar-refractivity contribution in [1.29, 1.82) is 0 Å². The van der Waals surface area contributed by atoms with Gasteiger partial charge in [0.15, 0.2) is 0 Å². The Morgan fingerprint density at radius 2 is 2.25 bits per heavy atom. The lowest BCUT2D eigenvalue weighted by atomic mass is 10.2. The summed E-state index contributed by atoms with van der Waals surface area (Å²) in [7, 11) is 6.30. The van der Waals surface area contributed by atoms with E-state index in [4.69, 9.17) is 16.4 Å². The highest BCUT2D eigenvalue weighted by atomic mass is 35.7. The van der Waals surface area contributed by atoms with E-state index in [1.807, 2.05) is 0 Å². The number of rotatable bonds is 2. The number of nitrogens with two attached hydrogens (primary N) is 1. The molecule has 5 heteroatoms. The van der Waals surface area contributed by atoms with Gasteiger partial charge in [-0.2, -0.15) is 0 Å². The van der Waals surface area contributed by atoms with Crippen LogP contribution in [-0.4, -0.2) is 5.91 Å². The normalized spacial score (nSPS) is 9.83. The van der Waals surface area contributed by atoms with Gasteiger partial charge < -0.3 is 5.73 Å². The highest BCUT2D eigenvalue weighted by molar-refractivity contribution is 8.21. The fourth-order valence-electron chi connectivity index (χ4n) is 0.741. The van der Waals surface area contributed by atoms with Crippen LogP contribution in [0.5, 0.6) is 0 Å². The molecule has 12 heavy (non-hydrogen) atoms. The van der Waals surface area contributed by atoms with Gasteiger partial charge in [0.25, 0.3) is 5.91 Å². The fraction of sp³-hybridized carbons (Fsp3) is 0. The van der Waals surface area contributed by atoms with Crippen LogP contribution in [0.25, 0.3) is 0 Å². The summed E-state index contributed by atoms with van der Waals surface area (Å²) in [5.41, 5.74) is 4.77. The van der Waals surface area contributed by atoms with Gasteiger partial charge in [0.2, 0.25) is 0 Å². The molecule has 0 radical (unpaired) electrons. The smallest absolute Gasteiger partial charge is 0.251 e. The zero-order valence-corrected chi connectivity index (χ0v) is 7.45. The van der Waals surface area contributed by atoms with Gasteiger partial charge in [-0.05, 0) is 39.9 Å². The number of halogens is 2. The average Bonchev–Trinajstić information content (AvgIpc) is 2.05. The predicted octanol–water partition coefficient (Wildman–Crippen LogP) is 2.17. The summed E-state index contributed by atoms with van der Waals surface area (Å²) in [4.78, 5) is 11.2. The van der Waals surface area contributed by atoms with Crippen molar-refractivity contribution in [3.05, 3.63) is 29.6 Å². The molecule has 0 atom stereocenters. The minimum absolute atomic E-state index is 0.138. The lowest BCUT2D eigenvalue weighted by molar-refractivity contribution is 0.0996. The monoisotopic (exact) mass is 205 g/mol. The molecule has 0 unspecified atom stereocenters. The van der Waals surface area contributed by atoms with Crippen LogP contribution in [0.4, 0.5) is 4.39 Å². The Morgan fingerprint density at radius 3 is 2.75 bits per heavy atom. The molecule has 0 saturated heterocycles. The molecule has 0 aliphatic heterocycles. The average molecular weight is 206 g/mol. The maximum atomic E-state index is 12.8. The van der Waals surface area contributed by atoms with Crippen LogP contribution in [0.1, 0.15) is 10.4 Å². The maximum absolute atomic E-state index is 12.8. The molecule has 1 aromatic carbocycles. The van der Waals surface area contributed by atoms with Crippen molar-refractivity contribution >= 4 is 27.6 Å². The second-order valence-corrected chi connectivity index (χ2v) is 3.17. The molecule has 0 spiro atoms. The Bertz CT molecular complexity index is 318. The summed E-state index contributed by atoms with van der Waals surface area (Å²) >= 11 is 0. The van der Waals surface area contributed by atoms with Crippen LogP contribution in [0, 0.1) is 5.82 Å². The third-order valence-corrected chi connectivity index (χ3v) is 2.26. The zero-order chi connectivity index (χ0) is 9.14. The molecule has 0 aliphatic carbocycles. The van der Waals surface area contributed by atoms with Crippen LogP contribution in [0.3, 0.4) is 0 Å². The summed E-state index contributed by atoms with van der Waals surface area (Å²) in [5.74, 6) is -1.42. The van der Waals surface area contributed by atoms with E-state index >= 15 is 0 Å². The number of hydrogen-bond acceptors (Lipinski definition) is 2. The molecule has 64 valence electrons. The third kappa shape index (κ3) is 1.89. The van der Waals surface area contributed by atoms with E-state index in [-0.39, 0.29) is 5.56 Å². The van der Waals surface area contributed by atoms with Crippen LogP contribution in [0.2, 0.25) is 0 Å². The molecule has 0 fully saturated rings. The van der Waals surface area contributed by atoms with Crippen LogP contribution < -0.4 is 5.73 Å². The summed E-state index contributed by atoms with van der Waals surface area (Å²) in [6.07, 6.45) is 0. The van der Waals surface area contributed by atoms with Crippen molar-refractivity contribution in [3.8, 4) is 0 Å². The van der Waals surface area contributed by atoms with Crippen LogP contribution in [0.15, 0.2) is 23.1 Å². The summed E-state index contributed by atoms with van der Waals surface area (Å²) in [6.45, 7) is 0. The molecule has 0 bridgehead atoms. The van der Waals surface area contributed by atoms with Gasteiger partial charge in [0, 0.05) is 4.90 Å². The molecule has 1 rings (SSSR count). The number of benzene rings is 1. The highest BCUT2D eigenvalue weighted by Crippen LogP contribution is 2.23. The fourth-order valence-corrected chi connectivity index (χ4v) is 1.31. The van der Waals surface area contributed by atoms with E-state index in [1.54, 1.807) is 0 Å². The Balaban J connectivity index is 3.17. The molecular formula is C7H5ClFNOS. The van der Waals surface area contributed by atoms with E-state index in [0.29, 0.717) is 4.90 Å². The molecule has 0 aliphatic rings. The molecule has 1 aromatic rings. The van der Waals surface area contributed by atoms with Crippen molar-refractivity contribution < 1.29 is 9.18 Å². The van der Waals surface area contributed by atoms with Gasteiger partial charge in [0.1, 0.15) is 5.82 Å². The van der Waals surface area contributed by atoms with Crippen LogP contribution >= 0.6 is 21.7 Å². The first-order chi connectivity index (χ1) is 5.65. The van der Waals surface area contributed by atoms with Gasteiger partial charge in [-0.15, -0.1) is 0 Å². The number of primary amides is 1. The molecule has 2 nitrogen and oxygen atoms in total. The van der Waals surface area contributed by atoms with Gasteiger partial charge >= 0.3 is 0 Å². The second-order valence-electron chi connectivity index (χ2n) is 2.08. The first-order valence-electron chi connectivity index (χ1n) is 3.03. The highest BCUT2D eigenvalue weighted by Gasteiger charge is 2.08. The quantitative estimate of drug-likeness (QED) is 0.804. The molecule has 0 saturated carbocycles. The summed E-state index contributed by atoms with van der Waals surface area (Å²) in [5, 5.41) is 0. The minimum atomic E-state index is -0.792. The lowest BCUT2D eigenvalue weighted by Crippen LogP contribution is -2.12. The first kappa shape index (κ1) is 9.35. The Hall–Kier alpha value is -0.740. The Labute approximate surface area is 77.4 Å². The van der Waals surface area contributed by atoms with E-state index in [1.165, 1.54) is 12.1 Å². The van der Waals surface area contributed by atoms with E-state index in [2.05, 4.69) is 0 Å². The zero-order valence-electron chi connectivity index (χ0n) is 5.88. The van der Waals surface area contributed by atoms with Crippen molar-refractivity contribution in [2.24, 2.45) is 5.73 Å². The number of carbonyl (C=O) groups is 1. The molecule has 2 N–H and O–H groups in total. The van der Waals surface area contributed by atoms with E-state index in [0.717, 1.165) is 17.0 Å². The van der Waals surface area contributed by atoms with Gasteiger partial charge in [-0.3, -0.25) is 4.79 Å². The van der Waals surface area contributed by atoms with Crippen molar-refractivity contribution in [1.82, 2.24) is 0 Å². The summed E-state index contributed by atoms with van der Waals surface area (Å²) < 4.78 is 12.8. The third-order valence-electron chi connectivity index (χ3n) is 1.29. The molecule has 0 aromatic heterocycles. The SMILES string of the molecule is NC(=O)c1cc(SCl)ccc1F. The summed E-state index contributed by atoms with van der Waals surface area (Å²) in [6, 6.07) is 3.94. The maximum Gasteiger partial charge on any atom is 0.251 e.